The molecule has 0 spiro atoms. The number of hydrogen-bond acceptors (Lipinski definition) is 4. The van der Waals surface area contributed by atoms with Gasteiger partial charge in [-0.05, 0) is 37.1 Å². The zero-order valence-corrected chi connectivity index (χ0v) is 9.31. The minimum Gasteiger partial charge on any atom is -0.436 e. The molecule has 1 aromatic heterocycles. The van der Waals surface area contributed by atoms with Crippen molar-refractivity contribution in [2.24, 2.45) is 5.73 Å². The van der Waals surface area contributed by atoms with Gasteiger partial charge < -0.3 is 15.9 Å². The zero-order chi connectivity index (χ0) is 11.8. The van der Waals surface area contributed by atoms with Crippen LogP contribution in [-0.4, -0.2) is 4.98 Å². The molecule has 0 saturated carbocycles. The molecular formula is C13H13N3O. The largest absolute Gasteiger partial charge is 0.436 e. The Labute approximate surface area is 98.6 Å². The van der Waals surface area contributed by atoms with Gasteiger partial charge in [-0.15, -0.1) is 0 Å². The highest BCUT2D eigenvalue weighted by Gasteiger charge is 2.13. The third-order valence-corrected chi connectivity index (χ3v) is 2.87. The van der Waals surface area contributed by atoms with Crippen molar-refractivity contribution in [3.05, 3.63) is 41.9 Å². The molecule has 4 nitrogen and oxygen atoms in total. The first-order valence-corrected chi connectivity index (χ1v) is 5.54. The van der Waals surface area contributed by atoms with Crippen molar-refractivity contribution in [1.29, 1.82) is 0 Å². The van der Waals surface area contributed by atoms with Crippen molar-refractivity contribution < 1.29 is 4.42 Å². The van der Waals surface area contributed by atoms with Crippen LogP contribution in [0.1, 0.15) is 18.7 Å². The first-order valence-electron chi connectivity index (χ1n) is 5.54. The van der Waals surface area contributed by atoms with Crippen LogP contribution in [0, 0.1) is 0 Å². The van der Waals surface area contributed by atoms with Crippen molar-refractivity contribution in [1.82, 2.24) is 4.98 Å². The molecule has 0 atom stereocenters. The van der Waals surface area contributed by atoms with Gasteiger partial charge in [-0.3, -0.25) is 0 Å². The van der Waals surface area contributed by atoms with Gasteiger partial charge in [0.25, 0.3) is 0 Å². The average molecular weight is 227 g/mol. The Hall–Kier alpha value is -2.23. The second-order valence-corrected chi connectivity index (χ2v) is 4.18. The third-order valence-electron chi connectivity index (χ3n) is 2.87. The summed E-state index contributed by atoms with van der Waals surface area (Å²) in [6.07, 6.45) is 5.59. The van der Waals surface area contributed by atoms with Gasteiger partial charge in [-0.25, -0.2) is 4.98 Å². The van der Waals surface area contributed by atoms with E-state index < -0.39 is 0 Å². The lowest BCUT2D eigenvalue weighted by atomic mass is 10.0. The van der Waals surface area contributed by atoms with Crippen LogP contribution < -0.4 is 11.5 Å². The molecule has 1 aliphatic rings. The highest BCUT2D eigenvalue weighted by Crippen LogP contribution is 2.28. The Bertz CT molecular complexity index is 637. The second kappa shape index (κ2) is 3.66. The fourth-order valence-electron chi connectivity index (χ4n) is 1.91. The molecule has 1 aromatic carbocycles. The number of benzene rings is 1. The summed E-state index contributed by atoms with van der Waals surface area (Å²) >= 11 is 0. The van der Waals surface area contributed by atoms with Gasteiger partial charge in [0.15, 0.2) is 5.58 Å². The summed E-state index contributed by atoms with van der Waals surface area (Å²) in [6.45, 7) is 0. The minimum atomic E-state index is 0.661. The summed E-state index contributed by atoms with van der Waals surface area (Å²) in [4.78, 5) is 4.44. The molecule has 1 aliphatic carbocycles. The van der Waals surface area contributed by atoms with Crippen LogP contribution in [0.2, 0.25) is 0 Å². The Balaban J connectivity index is 2.07. The average Bonchev–Trinajstić information content (AvgIpc) is 2.72. The lowest BCUT2D eigenvalue weighted by Gasteiger charge is -2.07. The number of aromatic nitrogens is 1. The van der Waals surface area contributed by atoms with Crippen LogP contribution in [0.15, 0.2) is 40.5 Å². The van der Waals surface area contributed by atoms with Crippen LogP contribution in [-0.2, 0) is 0 Å². The SMILES string of the molecule is NC1=CC=C(c2nc3cc(N)ccc3o2)CC1. The van der Waals surface area contributed by atoms with Crippen molar-refractivity contribution in [3.8, 4) is 0 Å². The molecule has 0 amide bonds. The molecule has 0 bridgehead atoms. The number of nitrogens with zero attached hydrogens (tertiary/aromatic N) is 1. The van der Waals surface area contributed by atoms with Gasteiger partial charge in [-0.1, -0.05) is 6.08 Å². The van der Waals surface area contributed by atoms with E-state index in [1.54, 1.807) is 0 Å². The molecule has 2 aromatic rings. The molecule has 4 heteroatoms. The van der Waals surface area contributed by atoms with Gasteiger partial charge in [0, 0.05) is 17.0 Å². The normalized spacial score (nSPS) is 15.8. The third kappa shape index (κ3) is 1.78. The van der Waals surface area contributed by atoms with Gasteiger partial charge in [0.05, 0.1) is 0 Å². The first-order chi connectivity index (χ1) is 8.22. The fourth-order valence-corrected chi connectivity index (χ4v) is 1.91. The van der Waals surface area contributed by atoms with Crippen LogP contribution in [0.3, 0.4) is 0 Å². The maximum Gasteiger partial charge on any atom is 0.223 e. The number of anilines is 1. The highest BCUT2D eigenvalue weighted by molar-refractivity contribution is 5.79. The lowest BCUT2D eigenvalue weighted by Crippen LogP contribution is -2.01. The quantitative estimate of drug-likeness (QED) is 0.733. The second-order valence-electron chi connectivity index (χ2n) is 4.18. The van der Waals surface area contributed by atoms with E-state index in [0.29, 0.717) is 11.6 Å². The van der Waals surface area contributed by atoms with Gasteiger partial charge >= 0.3 is 0 Å². The first kappa shape index (κ1) is 9.96. The monoisotopic (exact) mass is 227 g/mol. The van der Waals surface area contributed by atoms with E-state index in [-0.39, 0.29) is 0 Å². The maximum atomic E-state index is 5.72. The smallest absolute Gasteiger partial charge is 0.223 e. The van der Waals surface area contributed by atoms with E-state index in [1.165, 1.54) is 0 Å². The Morgan fingerprint density at radius 2 is 2.00 bits per heavy atom. The number of oxazole rings is 1. The summed E-state index contributed by atoms with van der Waals surface area (Å²) in [5.41, 5.74) is 15.7. The number of nitrogen functional groups attached to an aromatic ring is 1. The summed E-state index contributed by atoms with van der Waals surface area (Å²) in [5.74, 6) is 0.661. The van der Waals surface area contributed by atoms with Gasteiger partial charge in [0.1, 0.15) is 5.52 Å². The molecule has 0 aliphatic heterocycles. The van der Waals surface area contributed by atoms with Crippen molar-refractivity contribution in [2.75, 3.05) is 5.73 Å². The highest BCUT2D eigenvalue weighted by atomic mass is 16.3. The van der Waals surface area contributed by atoms with E-state index in [0.717, 1.165) is 35.2 Å². The van der Waals surface area contributed by atoms with Gasteiger partial charge in [0.2, 0.25) is 5.89 Å². The van der Waals surface area contributed by atoms with E-state index >= 15 is 0 Å². The van der Waals surface area contributed by atoms with Crippen molar-refractivity contribution in [2.45, 2.75) is 12.8 Å². The summed E-state index contributed by atoms with van der Waals surface area (Å²) in [5, 5.41) is 0. The standard InChI is InChI=1S/C13H13N3O/c14-9-3-1-8(2-4-9)13-16-11-7-10(15)5-6-12(11)17-13/h1,3,5-7H,2,4,14-15H2. The van der Waals surface area contributed by atoms with Crippen LogP contribution in [0.4, 0.5) is 5.69 Å². The zero-order valence-electron chi connectivity index (χ0n) is 9.31. The molecular weight excluding hydrogens is 214 g/mol. The van der Waals surface area contributed by atoms with Crippen molar-refractivity contribution >= 4 is 22.4 Å². The van der Waals surface area contributed by atoms with Crippen LogP contribution in [0.5, 0.6) is 0 Å². The van der Waals surface area contributed by atoms with E-state index in [4.69, 9.17) is 15.9 Å². The summed E-state index contributed by atoms with van der Waals surface area (Å²) in [6, 6.07) is 5.47. The Morgan fingerprint density at radius 1 is 1.12 bits per heavy atom. The topological polar surface area (TPSA) is 78.1 Å². The number of allylic oxidation sites excluding steroid dienone is 4. The lowest BCUT2D eigenvalue weighted by molar-refractivity contribution is 0.579. The molecule has 1 heterocycles. The Kier molecular flexibility index (Phi) is 2.14. The molecule has 0 radical (unpaired) electrons. The van der Waals surface area contributed by atoms with E-state index in [9.17, 15) is 0 Å². The molecule has 3 rings (SSSR count). The summed E-state index contributed by atoms with van der Waals surface area (Å²) < 4.78 is 5.69. The number of nitrogens with two attached hydrogens (primary N) is 2. The van der Waals surface area contributed by atoms with Crippen LogP contribution in [0.25, 0.3) is 16.7 Å². The minimum absolute atomic E-state index is 0.661. The molecule has 0 unspecified atom stereocenters. The van der Waals surface area contributed by atoms with Crippen molar-refractivity contribution in [3.63, 3.8) is 0 Å². The molecule has 4 N–H and O–H groups in total. The molecule has 0 saturated heterocycles. The Morgan fingerprint density at radius 3 is 2.76 bits per heavy atom. The molecule has 86 valence electrons. The predicted molar refractivity (Wildman–Crippen MR) is 67.9 cm³/mol. The molecule has 0 fully saturated rings. The number of rotatable bonds is 1. The number of hydrogen-bond donors (Lipinski definition) is 2. The van der Waals surface area contributed by atoms with E-state index in [2.05, 4.69) is 4.98 Å². The predicted octanol–water partition coefficient (Wildman–Crippen LogP) is 2.43. The van der Waals surface area contributed by atoms with Crippen LogP contribution >= 0.6 is 0 Å². The van der Waals surface area contributed by atoms with Gasteiger partial charge in [-0.2, -0.15) is 0 Å². The maximum absolute atomic E-state index is 5.72. The number of fused-ring (bicyclic) bond motifs is 1. The fraction of sp³-hybridized carbons (Fsp3) is 0.154. The summed E-state index contributed by atoms with van der Waals surface area (Å²) in [7, 11) is 0. The molecule has 17 heavy (non-hydrogen) atoms. The van der Waals surface area contributed by atoms with E-state index in [1.807, 2.05) is 30.4 Å².